The zero-order chi connectivity index (χ0) is 24.8. The number of anilines is 4. The fourth-order valence-corrected chi connectivity index (χ4v) is 3.85. The third-order valence-corrected chi connectivity index (χ3v) is 5.54. The van der Waals surface area contributed by atoms with E-state index < -0.39 is 28.0 Å². The molecule has 0 fully saturated rings. The standard InChI is InChI=1S/C22H16ClFIN4O5.W/c23-16-10-14(25)3-6-17(16)28-20-13(11-31)9-18(29(33)34)21(19(20)24)27-15-4-1-12(2-5-15)22(32)26-7-8-30;/h1-6,9-10,27-28,30H,7-8H2,(H,26,32);/q-1;. The predicted molar refractivity (Wildman–Crippen MR) is 134 cm³/mol. The first-order valence-electron chi connectivity index (χ1n) is 9.62. The largest absolute Gasteiger partial charge is 0.404 e. The Kier molecular flexibility index (Phi) is 10.6. The summed E-state index contributed by atoms with van der Waals surface area (Å²) in [6.45, 7) is -0.136. The number of halogens is 3. The molecule has 0 saturated carbocycles. The zero-order valence-electron chi connectivity index (χ0n) is 17.6. The number of nitro groups is 1. The van der Waals surface area contributed by atoms with E-state index in [-0.39, 0.29) is 67.4 Å². The van der Waals surface area contributed by atoms with Crippen molar-refractivity contribution in [2.75, 3.05) is 23.8 Å². The molecule has 3 aromatic rings. The normalized spacial score (nSPS) is 10.2. The molecule has 0 aliphatic rings. The van der Waals surface area contributed by atoms with Gasteiger partial charge in [-0.3, -0.25) is 14.9 Å². The van der Waals surface area contributed by atoms with E-state index in [1.807, 2.05) is 22.6 Å². The number of nitrogens with zero attached hydrogens (tertiary/aromatic N) is 1. The smallest absolute Gasteiger partial charge is 0.251 e. The molecule has 0 unspecified atom stereocenters. The molecule has 0 bridgehead atoms. The number of hydrogen-bond donors (Lipinski definition) is 4. The summed E-state index contributed by atoms with van der Waals surface area (Å²) >= 11 is 8.24. The number of nitrogens with one attached hydrogen (secondary N) is 3. The molecule has 0 spiro atoms. The van der Waals surface area contributed by atoms with E-state index >= 15 is 4.39 Å². The van der Waals surface area contributed by atoms with Crippen LogP contribution < -0.4 is 16.0 Å². The summed E-state index contributed by atoms with van der Waals surface area (Å²) < 4.78 is 16.4. The zero-order valence-corrected chi connectivity index (χ0v) is 23.4. The molecule has 0 aliphatic carbocycles. The molecule has 0 heterocycles. The minimum absolute atomic E-state index is 0. The second kappa shape index (κ2) is 12.9. The molecular weight excluding hydrogens is 765 g/mol. The fourth-order valence-electron chi connectivity index (χ4n) is 2.95. The van der Waals surface area contributed by atoms with Crippen molar-refractivity contribution in [1.82, 2.24) is 5.32 Å². The van der Waals surface area contributed by atoms with E-state index in [0.29, 0.717) is 0 Å². The van der Waals surface area contributed by atoms with Gasteiger partial charge in [0.05, 0.1) is 22.8 Å². The first-order chi connectivity index (χ1) is 16.2. The number of benzene rings is 3. The van der Waals surface area contributed by atoms with Crippen molar-refractivity contribution in [1.29, 1.82) is 0 Å². The molecule has 13 heteroatoms. The van der Waals surface area contributed by atoms with E-state index in [2.05, 4.69) is 16.0 Å². The number of hydrogen-bond acceptors (Lipinski definition) is 7. The van der Waals surface area contributed by atoms with Crippen LogP contribution in [0.4, 0.5) is 32.8 Å². The number of aliphatic hydroxyl groups excluding tert-OH is 1. The molecule has 3 rings (SSSR count). The van der Waals surface area contributed by atoms with Crippen molar-refractivity contribution >= 4 is 74.8 Å². The van der Waals surface area contributed by atoms with Crippen molar-refractivity contribution in [2.45, 2.75) is 0 Å². The van der Waals surface area contributed by atoms with Crippen LogP contribution in [-0.4, -0.2) is 35.4 Å². The maximum Gasteiger partial charge on any atom is 0.251 e. The van der Waals surface area contributed by atoms with Crippen molar-refractivity contribution in [3.05, 3.63) is 84.2 Å². The van der Waals surface area contributed by atoms with Gasteiger partial charge in [-0.15, -0.1) is 5.56 Å². The first-order valence-corrected chi connectivity index (χ1v) is 11.1. The molecule has 4 N–H and O–H groups in total. The number of rotatable bonds is 9. The maximum absolute atomic E-state index is 15.5. The van der Waals surface area contributed by atoms with Crippen LogP contribution in [0.15, 0.2) is 48.5 Å². The van der Waals surface area contributed by atoms with Crippen LogP contribution in [0.25, 0.3) is 0 Å². The Morgan fingerprint density at radius 1 is 1.14 bits per heavy atom. The molecule has 9 nitrogen and oxygen atoms in total. The summed E-state index contributed by atoms with van der Waals surface area (Å²) in [5.74, 6) is -1.52. The summed E-state index contributed by atoms with van der Waals surface area (Å²) in [5, 5.41) is 28.5. The summed E-state index contributed by atoms with van der Waals surface area (Å²) in [6.07, 6.45) is 1.52. The molecule has 35 heavy (non-hydrogen) atoms. The molecular formula is C22H16ClFIN4O5W-. The number of carbonyl (C=O) groups is 1. The average molecular weight is 782 g/mol. The summed E-state index contributed by atoms with van der Waals surface area (Å²) in [7, 11) is 0. The van der Waals surface area contributed by atoms with Crippen molar-refractivity contribution < 1.29 is 45.1 Å². The molecule has 3 aromatic carbocycles. The first kappa shape index (κ1) is 28.6. The maximum atomic E-state index is 15.5. The molecule has 0 atom stereocenters. The van der Waals surface area contributed by atoms with E-state index in [9.17, 15) is 19.7 Å². The monoisotopic (exact) mass is 781 g/mol. The Bertz CT molecular complexity index is 1260. The molecule has 1 amide bonds. The number of nitro benzene ring substituents is 1. The van der Waals surface area contributed by atoms with Crippen LogP contribution in [0, 0.1) is 19.5 Å². The van der Waals surface area contributed by atoms with Gasteiger partial charge in [-0.2, -0.15) is 0 Å². The van der Waals surface area contributed by atoms with Crippen molar-refractivity contribution in [3.8, 4) is 0 Å². The summed E-state index contributed by atoms with van der Waals surface area (Å²) in [4.78, 5) is 34.2. The topological polar surface area (TPSA) is 134 Å². The van der Waals surface area contributed by atoms with Crippen LogP contribution in [0.2, 0.25) is 5.02 Å². The van der Waals surface area contributed by atoms with Gasteiger partial charge in [-0.25, -0.2) is 4.39 Å². The number of amides is 1. The Morgan fingerprint density at radius 2 is 1.83 bits per heavy atom. The molecule has 0 radical (unpaired) electrons. The van der Waals surface area contributed by atoms with E-state index in [1.165, 1.54) is 30.6 Å². The van der Waals surface area contributed by atoms with E-state index in [0.717, 1.165) is 9.64 Å². The predicted octanol–water partition coefficient (Wildman–Crippen LogP) is 4.66. The number of carbonyl (C=O) groups excluding carboxylic acids is 2. The van der Waals surface area contributed by atoms with Crippen LogP contribution in [0.1, 0.15) is 15.9 Å². The second-order valence-electron chi connectivity index (χ2n) is 6.80. The van der Waals surface area contributed by atoms with Crippen LogP contribution in [-0.2, 0) is 25.9 Å². The quantitative estimate of drug-likeness (QED) is 0.108. The minimum Gasteiger partial charge on any atom is -0.404 e. The Morgan fingerprint density at radius 3 is 2.40 bits per heavy atom. The van der Waals surface area contributed by atoms with Crippen molar-refractivity contribution in [3.63, 3.8) is 0 Å². The van der Waals surface area contributed by atoms with Crippen LogP contribution in [0.5, 0.6) is 0 Å². The van der Waals surface area contributed by atoms with E-state index in [4.69, 9.17) is 16.7 Å². The van der Waals surface area contributed by atoms with Gasteiger partial charge in [-0.1, -0.05) is 17.7 Å². The van der Waals surface area contributed by atoms with Gasteiger partial charge in [0.15, 0.2) is 0 Å². The van der Waals surface area contributed by atoms with Gasteiger partial charge in [0.1, 0.15) is 11.5 Å². The fraction of sp³-hybridized carbons (Fsp3) is 0.0909. The van der Waals surface area contributed by atoms with Crippen LogP contribution in [0.3, 0.4) is 0 Å². The molecule has 0 aromatic heterocycles. The second-order valence-corrected chi connectivity index (χ2v) is 8.45. The van der Waals surface area contributed by atoms with Gasteiger partial charge in [0.25, 0.3) is 5.91 Å². The van der Waals surface area contributed by atoms with E-state index in [1.54, 1.807) is 18.2 Å². The molecule has 0 saturated heterocycles. The van der Waals surface area contributed by atoms with Gasteiger partial charge >= 0.3 is 0 Å². The molecule has 182 valence electrons. The molecule has 0 aliphatic heterocycles. The van der Waals surface area contributed by atoms with Crippen LogP contribution >= 0.6 is 34.2 Å². The Hall–Kier alpha value is -2.60. The van der Waals surface area contributed by atoms with Gasteiger partial charge in [0.2, 0.25) is 5.69 Å². The van der Waals surface area contributed by atoms with Crippen molar-refractivity contribution in [2.24, 2.45) is 0 Å². The minimum atomic E-state index is -1.09. The summed E-state index contributed by atoms with van der Waals surface area (Å²) in [5.41, 5.74) is -1.09. The SMILES string of the molecule is O=[C-]c1cc([N+](=O)[O-])c(Nc2ccc(C(=O)NCCO)cc2)c(F)c1Nc1ccc(I)cc1Cl.[W]. The van der Waals surface area contributed by atoms with Gasteiger partial charge < -0.3 is 25.9 Å². The Labute approximate surface area is 232 Å². The third kappa shape index (κ3) is 6.97. The third-order valence-electron chi connectivity index (χ3n) is 4.56. The van der Waals surface area contributed by atoms with Gasteiger partial charge in [-0.05, 0) is 70.7 Å². The van der Waals surface area contributed by atoms with Gasteiger partial charge in [0, 0.05) is 48.1 Å². The summed E-state index contributed by atoms with van der Waals surface area (Å²) in [6, 6.07) is 11.5. The number of aliphatic hydroxyl groups is 1. The Balaban J connectivity index is 0.00000432. The average Bonchev–Trinajstić information content (AvgIpc) is 2.81.